The molecule has 1 aliphatic rings. The summed E-state index contributed by atoms with van der Waals surface area (Å²) in [7, 11) is 0. The number of ether oxygens (including phenoxy) is 1. The van der Waals surface area contributed by atoms with Crippen LogP contribution in [0.3, 0.4) is 0 Å². The molecule has 124 valence electrons. The molecule has 4 rings (SSSR count). The van der Waals surface area contributed by atoms with Crippen molar-refractivity contribution in [2.45, 2.75) is 32.6 Å². The summed E-state index contributed by atoms with van der Waals surface area (Å²) >= 11 is 0. The predicted molar refractivity (Wildman–Crippen MR) is 95.9 cm³/mol. The van der Waals surface area contributed by atoms with E-state index in [1.807, 2.05) is 12.1 Å². The molecule has 1 saturated heterocycles. The first-order valence-electron chi connectivity index (χ1n) is 8.60. The van der Waals surface area contributed by atoms with E-state index in [2.05, 4.69) is 65.7 Å². The van der Waals surface area contributed by atoms with Crippen molar-refractivity contribution in [1.82, 2.24) is 14.3 Å². The molecule has 2 unspecified atom stereocenters. The lowest BCUT2D eigenvalue weighted by molar-refractivity contribution is -0.0707. The number of benzene rings is 1. The molecule has 0 saturated carbocycles. The number of aromatic nitrogens is 2. The summed E-state index contributed by atoms with van der Waals surface area (Å²) in [6.45, 7) is 7.09. The number of imidazole rings is 1. The number of rotatable bonds is 3. The van der Waals surface area contributed by atoms with Gasteiger partial charge in [0.25, 0.3) is 0 Å². The Morgan fingerprint density at radius 1 is 1.00 bits per heavy atom. The van der Waals surface area contributed by atoms with Gasteiger partial charge in [0.1, 0.15) is 5.65 Å². The minimum atomic E-state index is 0.271. The van der Waals surface area contributed by atoms with Crippen LogP contribution in [-0.4, -0.2) is 39.6 Å². The Morgan fingerprint density at radius 3 is 2.46 bits per heavy atom. The molecule has 0 bridgehead atoms. The van der Waals surface area contributed by atoms with Crippen molar-refractivity contribution in [3.63, 3.8) is 0 Å². The highest BCUT2D eigenvalue weighted by atomic mass is 16.5. The van der Waals surface area contributed by atoms with Gasteiger partial charge in [-0.15, -0.1) is 0 Å². The highest BCUT2D eigenvalue weighted by molar-refractivity contribution is 5.66. The number of hydrogen-bond acceptors (Lipinski definition) is 3. The van der Waals surface area contributed by atoms with Gasteiger partial charge in [-0.1, -0.05) is 36.4 Å². The van der Waals surface area contributed by atoms with E-state index in [0.717, 1.165) is 31.0 Å². The lowest BCUT2D eigenvalue weighted by Crippen LogP contribution is -2.45. The first kappa shape index (κ1) is 15.4. The van der Waals surface area contributed by atoms with Crippen molar-refractivity contribution < 1.29 is 4.74 Å². The van der Waals surface area contributed by atoms with Gasteiger partial charge < -0.3 is 9.14 Å². The minimum absolute atomic E-state index is 0.271. The van der Waals surface area contributed by atoms with Gasteiger partial charge in [-0.2, -0.15) is 0 Å². The fourth-order valence-corrected chi connectivity index (χ4v) is 3.65. The van der Waals surface area contributed by atoms with Gasteiger partial charge in [0.15, 0.2) is 0 Å². The quantitative estimate of drug-likeness (QED) is 0.738. The monoisotopic (exact) mass is 321 g/mol. The van der Waals surface area contributed by atoms with E-state index in [-0.39, 0.29) is 12.2 Å². The second-order valence-corrected chi connectivity index (χ2v) is 6.65. The van der Waals surface area contributed by atoms with Crippen LogP contribution in [0, 0.1) is 0 Å². The van der Waals surface area contributed by atoms with Crippen molar-refractivity contribution in [3.8, 4) is 11.3 Å². The third kappa shape index (κ3) is 2.95. The normalized spacial score (nSPS) is 22.1. The molecule has 24 heavy (non-hydrogen) atoms. The van der Waals surface area contributed by atoms with E-state index in [4.69, 9.17) is 9.72 Å². The Balaban J connectivity index is 1.75. The maximum absolute atomic E-state index is 5.87. The van der Waals surface area contributed by atoms with Gasteiger partial charge in [0, 0.05) is 31.4 Å². The van der Waals surface area contributed by atoms with Crippen LogP contribution in [-0.2, 0) is 11.3 Å². The number of nitrogens with zero attached hydrogens (tertiary/aromatic N) is 3. The van der Waals surface area contributed by atoms with E-state index >= 15 is 0 Å². The summed E-state index contributed by atoms with van der Waals surface area (Å²) < 4.78 is 8.09. The van der Waals surface area contributed by atoms with Crippen molar-refractivity contribution in [2.75, 3.05) is 13.1 Å². The number of pyridine rings is 1. The van der Waals surface area contributed by atoms with Crippen LogP contribution in [0.2, 0.25) is 0 Å². The zero-order valence-electron chi connectivity index (χ0n) is 14.2. The standard InChI is InChI=1S/C20H23N3O/c1-15-12-22(13-16(2)24-15)14-18-20(17-8-4-3-5-9-17)21-19-10-6-7-11-23(18)19/h3-11,15-16H,12-14H2,1-2H3. The van der Waals surface area contributed by atoms with Gasteiger partial charge >= 0.3 is 0 Å². The van der Waals surface area contributed by atoms with Crippen molar-refractivity contribution in [2.24, 2.45) is 0 Å². The Labute approximate surface area is 142 Å². The summed E-state index contributed by atoms with van der Waals surface area (Å²) in [5.74, 6) is 0. The van der Waals surface area contributed by atoms with Gasteiger partial charge in [0.05, 0.1) is 23.6 Å². The molecular weight excluding hydrogens is 298 g/mol. The molecule has 1 fully saturated rings. The molecule has 4 heteroatoms. The topological polar surface area (TPSA) is 29.8 Å². The molecule has 0 amide bonds. The predicted octanol–water partition coefficient (Wildman–Crippen LogP) is 3.61. The van der Waals surface area contributed by atoms with E-state index < -0.39 is 0 Å². The molecule has 1 aromatic carbocycles. The second kappa shape index (κ2) is 6.38. The molecule has 3 aromatic rings. The Bertz CT molecular complexity index is 817. The molecule has 0 aliphatic carbocycles. The van der Waals surface area contributed by atoms with Crippen LogP contribution in [0.4, 0.5) is 0 Å². The van der Waals surface area contributed by atoms with Gasteiger partial charge in [0.2, 0.25) is 0 Å². The lowest BCUT2D eigenvalue weighted by Gasteiger charge is -2.35. The van der Waals surface area contributed by atoms with Crippen LogP contribution in [0.1, 0.15) is 19.5 Å². The molecule has 2 aromatic heterocycles. The third-order valence-corrected chi connectivity index (χ3v) is 4.54. The lowest BCUT2D eigenvalue weighted by atomic mass is 10.1. The second-order valence-electron chi connectivity index (χ2n) is 6.65. The first-order chi connectivity index (χ1) is 11.7. The maximum atomic E-state index is 5.87. The molecule has 0 N–H and O–H groups in total. The molecule has 1 aliphatic heterocycles. The molecule has 2 atom stereocenters. The summed E-state index contributed by atoms with van der Waals surface area (Å²) in [6, 6.07) is 16.6. The minimum Gasteiger partial charge on any atom is -0.373 e. The van der Waals surface area contributed by atoms with Crippen molar-refractivity contribution in [1.29, 1.82) is 0 Å². The van der Waals surface area contributed by atoms with E-state index in [0.29, 0.717) is 0 Å². The fraction of sp³-hybridized carbons (Fsp3) is 0.350. The average Bonchev–Trinajstić information content (AvgIpc) is 2.94. The van der Waals surface area contributed by atoms with E-state index in [1.165, 1.54) is 11.3 Å². The highest BCUT2D eigenvalue weighted by Gasteiger charge is 2.24. The van der Waals surface area contributed by atoms with Crippen LogP contribution in [0.15, 0.2) is 54.7 Å². The zero-order chi connectivity index (χ0) is 16.5. The number of morpholine rings is 1. The van der Waals surface area contributed by atoms with Gasteiger partial charge in [-0.25, -0.2) is 4.98 Å². The number of hydrogen-bond donors (Lipinski definition) is 0. The average molecular weight is 321 g/mol. The third-order valence-electron chi connectivity index (χ3n) is 4.54. The molecule has 3 heterocycles. The van der Waals surface area contributed by atoms with Crippen LogP contribution < -0.4 is 0 Å². The molecular formula is C20H23N3O. The maximum Gasteiger partial charge on any atom is 0.137 e. The van der Waals surface area contributed by atoms with E-state index in [9.17, 15) is 0 Å². The van der Waals surface area contributed by atoms with Crippen molar-refractivity contribution >= 4 is 5.65 Å². The summed E-state index contributed by atoms with van der Waals surface area (Å²) in [5.41, 5.74) is 4.50. The summed E-state index contributed by atoms with van der Waals surface area (Å²) in [4.78, 5) is 7.37. The number of fused-ring (bicyclic) bond motifs is 1. The highest BCUT2D eigenvalue weighted by Crippen LogP contribution is 2.26. The van der Waals surface area contributed by atoms with Crippen LogP contribution >= 0.6 is 0 Å². The smallest absolute Gasteiger partial charge is 0.137 e. The van der Waals surface area contributed by atoms with Gasteiger partial charge in [-0.3, -0.25) is 4.90 Å². The largest absolute Gasteiger partial charge is 0.373 e. The fourth-order valence-electron chi connectivity index (χ4n) is 3.65. The van der Waals surface area contributed by atoms with Gasteiger partial charge in [-0.05, 0) is 26.0 Å². The van der Waals surface area contributed by atoms with E-state index in [1.54, 1.807) is 0 Å². The zero-order valence-corrected chi connectivity index (χ0v) is 14.2. The van der Waals surface area contributed by atoms with Crippen LogP contribution in [0.25, 0.3) is 16.9 Å². The molecule has 0 spiro atoms. The van der Waals surface area contributed by atoms with Crippen LogP contribution in [0.5, 0.6) is 0 Å². The Hall–Kier alpha value is -2.17. The molecule has 0 radical (unpaired) electrons. The first-order valence-corrected chi connectivity index (χ1v) is 8.60. The Kier molecular flexibility index (Phi) is 4.08. The SMILES string of the molecule is CC1CN(Cc2c(-c3ccccc3)nc3ccccn23)CC(C)O1. The summed E-state index contributed by atoms with van der Waals surface area (Å²) in [6.07, 6.45) is 2.65. The summed E-state index contributed by atoms with van der Waals surface area (Å²) in [5, 5.41) is 0. The Morgan fingerprint density at radius 2 is 1.71 bits per heavy atom. The van der Waals surface area contributed by atoms with Crippen molar-refractivity contribution in [3.05, 3.63) is 60.4 Å². The molecule has 4 nitrogen and oxygen atoms in total.